The molecule has 0 unspecified atom stereocenters. The number of aliphatic carboxylic acids is 1. The lowest BCUT2D eigenvalue weighted by Gasteiger charge is -2.18. The van der Waals surface area contributed by atoms with Crippen LogP contribution in [-0.2, 0) is 24.1 Å². The van der Waals surface area contributed by atoms with Crippen molar-refractivity contribution in [3.8, 4) is 0 Å². The van der Waals surface area contributed by atoms with Crippen molar-refractivity contribution < 1.29 is 9.90 Å². The third kappa shape index (κ3) is 3.84. The minimum absolute atomic E-state index is 0.648. The van der Waals surface area contributed by atoms with Gasteiger partial charge in [-0.05, 0) is 72.9 Å². The largest absolute Gasteiger partial charge is 0.481 e. The highest BCUT2D eigenvalue weighted by Gasteiger charge is 2.26. The van der Waals surface area contributed by atoms with Gasteiger partial charge in [0, 0.05) is 0 Å². The third-order valence-corrected chi connectivity index (χ3v) is 5.27. The van der Waals surface area contributed by atoms with Gasteiger partial charge >= 0.3 is 5.97 Å². The average molecular weight is 334 g/mol. The maximum absolute atomic E-state index is 11.2. The highest BCUT2D eigenvalue weighted by molar-refractivity contribution is 5.88. The second kappa shape index (κ2) is 6.87. The number of carboxylic acids is 1. The van der Waals surface area contributed by atoms with Crippen molar-refractivity contribution in [3.63, 3.8) is 0 Å². The Morgan fingerprint density at radius 1 is 1.08 bits per heavy atom. The van der Waals surface area contributed by atoms with Gasteiger partial charge in [-0.2, -0.15) is 0 Å². The van der Waals surface area contributed by atoms with Gasteiger partial charge < -0.3 is 5.11 Å². The van der Waals surface area contributed by atoms with Crippen LogP contribution in [0, 0.1) is 5.41 Å². The van der Waals surface area contributed by atoms with Crippen molar-refractivity contribution in [3.05, 3.63) is 70.3 Å². The predicted octanol–water partition coefficient (Wildman–Crippen LogP) is 5.39. The van der Waals surface area contributed by atoms with Crippen molar-refractivity contribution >= 4 is 17.6 Å². The van der Waals surface area contributed by atoms with Gasteiger partial charge in [0.1, 0.15) is 0 Å². The normalized spacial score (nSPS) is 13.5. The van der Waals surface area contributed by atoms with Crippen LogP contribution in [0.3, 0.4) is 0 Å². The summed E-state index contributed by atoms with van der Waals surface area (Å²) in [5.74, 6) is -0.732. The molecule has 0 heterocycles. The van der Waals surface area contributed by atoms with Crippen LogP contribution in [0.4, 0.5) is 0 Å². The summed E-state index contributed by atoms with van der Waals surface area (Å²) in [6.07, 6.45) is 5.80. The standard InChI is InChI=1S/C23H26O2/c1-4-16-5-10-19-14-21(15-20(19)13-16)18-8-6-17(7-9-18)11-12-23(2,3)22(24)25/h5-10,13-14H,4,11-12,15H2,1-3H3,(H,24,25). The van der Waals surface area contributed by atoms with Crippen LogP contribution in [0.25, 0.3) is 11.6 Å². The molecule has 0 atom stereocenters. The second-order valence-corrected chi connectivity index (χ2v) is 7.62. The molecule has 2 aromatic carbocycles. The predicted molar refractivity (Wildman–Crippen MR) is 104 cm³/mol. The molecule has 3 rings (SSSR count). The summed E-state index contributed by atoms with van der Waals surface area (Å²) < 4.78 is 0. The van der Waals surface area contributed by atoms with Crippen molar-refractivity contribution in [2.45, 2.75) is 46.5 Å². The fourth-order valence-corrected chi connectivity index (χ4v) is 3.25. The first kappa shape index (κ1) is 17.5. The van der Waals surface area contributed by atoms with Crippen LogP contribution in [-0.4, -0.2) is 11.1 Å². The molecule has 0 saturated carbocycles. The van der Waals surface area contributed by atoms with Gasteiger partial charge in [-0.25, -0.2) is 0 Å². The van der Waals surface area contributed by atoms with Crippen LogP contribution < -0.4 is 0 Å². The van der Waals surface area contributed by atoms with Crippen molar-refractivity contribution in [1.29, 1.82) is 0 Å². The summed E-state index contributed by atoms with van der Waals surface area (Å²) in [5, 5.41) is 9.22. The van der Waals surface area contributed by atoms with E-state index in [-0.39, 0.29) is 0 Å². The van der Waals surface area contributed by atoms with Gasteiger partial charge in [0.15, 0.2) is 0 Å². The molecular formula is C23H26O2. The summed E-state index contributed by atoms with van der Waals surface area (Å²) in [7, 11) is 0. The highest BCUT2D eigenvalue weighted by atomic mass is 16.4. The molecule has 0 bridgehead atoms. The van der Waals surface area contributed by atoms with Crippen LogP contribution >= 0.6 is 0 Å². The Morgan fingerprint density at radius 3 is 2.40 bits per heavy atom. The molecule has 0 radical (unpaired) electrons. The van der Waals surface area contributed by atoms with E-state index in [1.807, 2.05) is 0 Å². The lowest BCUT2D eigenvalue weighted by Crippen LogP contribution is -2.24. The van der Waals surface area contributed by atoms with Crippen LogP contribution in [0.15, 0.2) is 42.5 Å². The zero-order valence-electron chi connectivity index (χ0n) is 15.3. The minimum atomic E-state index is -0.732. The monoisotopic (exact) mass is 334 g/mol. The average Bonchev–Trinajstić information content (AvgIpc) is 3.03. The third-order valence-electron chi connectivity index (χ3n) is 5.27. The summed E-state index contributed by atoms with van der Waals surface area (Å²) in [6, 6.07) is 15.4. The molecule has 130 valence electrons. The summed E-state index contributed by atoms with van der Waals surface area (Å²) in [5.41, 5.74) is 7.29. The number of rotatable bonds is 6. The van der Waals surface area contributed by atoms with Gasteiger partial charge in [-0.3, -0.25) is 4.79 Å². The Kier molecular flexibility index (Phi) is 4.80. The maximum Gasteiger partial charge on any atom is 0.309 e. The smallest absolute Gasteiger partial charge is 0.309 e. The molecule has 2 aromatic rings. The van der Waals surface area contributed by atoms with E-state index in [2.05, 4.69) is 55.5 Å². The molecule has 0 fully saturated rings. The Morgan fingerprint density at radius 2 is 1.76 bits per heavy atom. The number of fused-ring (bicyclic) bond motifs is 1. The number of carboxylic acid groups (broad SMARTS) is 1. The first-order valence-electron chi connectivity index (χ1n) is 9.04. The van der Waals surface area contributed by atoms with Gasteiger partial charge in [0.05, 0.1) is 5.41 Å². The van der Waals surface area contributed by atoms with Gasteiger partial charge in [0.2, 0.25) is 0 Å². The van der Waals surface area contributed by atoms with Gasteiger partial charge in [0.25, 0.3) is 0 Å². The molecule has 0 spiro atoms. The molecule has 2 heteroatoms. The molecule has 0 aliphatic heterocycles. The van der Waals surface area contributed by atoms with Crippen molar-refractivity contribution in [1.82, 2.24) is 0 Å². The summed E-state index contributed by atoms with van der Waals surface area (Å²) >= 11 is 0. The number of carbonyl (C=O) groups is 1. The van der Waals surface area contributed by atoms with Crippen LogP contribution in [0.1, 0.15) is 55.0 Å². The number of hydrogen-bond donors (Lipinski definition) is 1. The maximum atomic E-state index is 11.2. The van der Waals surface area contributed by atoms with E-state index < -0.39 is 11.4 Å². The molecular weight excluding hydrogens is 308 g/mol. The van der Waals surface area contributed by atoms with Crippen molar-refractivity contribution in [2.24, 2.45) is 5.41 Å². The van der Waals surface area contributed by atoms with E-state index in [0.717, 1.165) is 19.3 Å². The molecule has 25 heavy (non-hydrogen) atoms. The van der Waals surface area contributed by atoms with Gasteiger partial charge in [-0.15, -0.1) is 0 Å². The Hall–Kier alpha value is -2.35. The lowest BCUT2D eigenvalue weighted by atomic mass is 9.86. The van der Waals surface area contributed by atoms with Gasteiger partial charge in [-0.1, -0.05) is 55.5 Å². The summed E-state index contributed by atoms with van der Waals surface area (Å²) in [4.78, 5) is 11.2. The Balaban J connectivity index is 1.69. The fraction of sp³-hybridized carbons (Fsp3) is 0.348. The zero-order valence-corrected chi connectivity index (χ0v) is 15.3. The molecule has 0 aromatic heterocycles. The number of benzene rings is 2. The number of allylic oxidation sites excluding steroid dienone is 1. The minimum Gasteiger partial charge on any atom is -0.481 e. The molecule has 0 amide bonds. The van der Waals surface area contributed by atoms with E-state index in [9.17, 15) is 9.90 Å². The molecule has 0 saturated heterocycles. The lowest BCUT2D eigenvalue weighted by molar-refractivity contribution is -0.147. The molecule has 2 nitrogen and oxygen atoms in total. The van der Waals surface area contributed by atoms with E-state index in [0.29, 0.717) is 6.42 Å². The van der Waals surface area contributed by atoms with E-state index in [4.69, 9.17) is 0 Å². The number of aryl methyl sites for hydroxylation is 2. The van der Waals surface area contributed by atoms with E-state index in [1.165, 1.54) is 33.4 Å². The Labute approximate surface area is 150 Å². The molecule has 1 aliphatic rings. The highest BCUT2D eigenvalue weighted by Crippen LogP contribution is 2.32. The quantitative estimate of drug-likeness (QED) is 0.769. The topological polar surface area (TPSA) is 37.3 Å². The SMILES string of the molecule is CCc1ccc2c(c1)CC(c1ccc(CCC(C)(C)C(=O)O)cc1)=C2. The zero-order chi connectivity index (χ0) is 18.0. The van der Waals surface area contributed by atoms with E-state index in [1.54, 1.807) is 13.8 Å². The van der Waals surface area contributed by atoms with Crippen molar-refractivity contribution in [2.75, 3.05) is 0 Å². The second-order valence-electron chi connectivity index (χ2n) is 7.62. The van der Waals surface area contributed by atoms with E-state index >= 15 is 0 Å². The molecule has 1 N–H and O–H groups in total. The first-order chi connectivity index (χ1) is 11.9. The summed E-state index contributed by atoms with van der Waals surface area (Å²) in [6.45, 7) is 5.76. The van der Waals surface area contributed by atoms with Crippen LogP contribution in [0.5, 0.6) is 0 Å². The van der Waals surface area contributed by atoms with Crippen LogP contribution in [0.2, 0.25) is 0 Å². The Bertz CT molecular complexity index is 810. The first-order valence-corrected chi connectivity index (χ1v) is 9.04. The fourth-order valence-electron chi connectivity index (χ4n) is 3.25. The number of hydrogen-bond acceptors (Lipinski definition) is 1. The molecule has 1 aliphatic carbocycles.